The minimum atomic E-state index is -0.526. The molecule has 1 rings (SSSR count). The van der Waals surface area contributed by atoms with Crippen molar-refractivity contribution in [2.75, 3.05) is 13.2 Å². The maximum absolute atomic E-state index is 13.1. The Hall–Kier alpha value is -1.84. The number of carbonyl (C=O) groups is 2. The van der Waals surface area contributed by atoms with Crippen LogP contribution in [-0.2, 0) is 30.9 Å². The van der Waals surface area contributed by atoms with Crippen LogP contribution in [0.4, 0.5) is 0 Å². The molecule has 0 saturated carbocycles. The summed E-state index contributed by atoms with van der Waals surface area (Å²) in [6, 6.07) is 8.38. The topological polar surface area (TPSA) is 52.6 Å². The molecule has 0 radical (unpaired) electrons. The average Bonchev–Trinajstić information content (AvgIpc) is 2.83. The Balaban J connectivity index is 2.85. The van der Waals surface area contributed by atoms with Gasteiger partial charge in [-0.2, -0.15) is 0 Å². The van der Waals surface area contributed by atoms with Crippen molar-refractivity contribution < 1.29 is 19.1 Å². The van der Waals surface area contributed by atoms with Gasteiger partial charge < -0.3 is 9.47 Å². The fourth-order valence-corrected chi connectivity index (χ4v) is 4.25. The molecule has 3 unspecified atom stereocenters. The zero-order valence-electron chi connectivity index (χ0n) is 23.7. The molecule has 0 amide bonds. The molecule has 1 aromatic rings. The fourth-order valence-electron chi connectivity index (χ4n) is 4.25. The van der Waals surface area contributed by atoms with Crippen LogP contribution in [0.25, 0.3) is 0 Å². The van der Waals surface area contributed by atoms with Crippen molar-refractivity contribution in [3.63, 3.8) is 0 Å². The summed E-state index contributed by atoms with van der Waals surface area (Å²) in [6.45, 7) is 16.1. The maximum Gasteiger partial charge on any atom is 0.309 e. The van der Waals surface area contributed by atoms with E-state index in [0.717, 1.165) is 56.9 Å². The molecular formula is C31H52O4. The summed E-state index contributed by atoms with van der Waals surface area (Å²) >= 11 is 0. The largest absolute Gasteiger partial charge is 0.465 e. The Morgan fingerprint density at radius 3 is 1.77 bits per heavy atom. The van der Waals surface area contributed by atoms with Crippen molar-refractivity contribution in [1.29, 1.82) is 0 Å². The van der Waals surface area contributed by atoms with Gasteiger partial charge in [0.05, 0.1) is 25.6 Å². The normalized spacial score (nSPS) is 14.3. The van der Waals surface area contributed by atoms with Crippen molar-refractivity contribution in [3.8, 4) is 0 Å². The van der Waals surface area contributed by atoms with Gasteiger partial charge in [0.15, 0.2) is 0 Å². The lowest BCUT2D eigenvalue weighted by atomic mass is 9.86. The summed E-state index contributed by atoms with van der Waals surface area (Å²) in [4.78, 5) is 25.8. The summed E-state index contributed by atoms with van der Waals surface area (Å²) in [7, 11) is 0. The van der Waals surface area contributed by atoms with Crippen molar-refractivity contribution in [2.45, 2.75) is 118 Å². The van der Waals surface area contributed by atoms with Crippen LogP contribution < -0.4 is 0 Å². The number of unbranched alkanes of at least 4 members (excludes halogenated alkanes) is 2. The lowest BCUT2D eigenvalue weighted by Gasteiger charge is -2.21. The van der Waals surface area contributed by atoms with Crippen LogP contribution in [0.3, 0.4) is 0 Å². The van der Waals surface area contributed by atoms with Gasteiger partial charge in [0.2, 0.25) is 0 Å². The second-order valence-corrected chi connectivity index (χ2v) is 11.2. The maximum atomic E-state index is 13.1. The molecular weight excluding hydrogens is 436 g/mol. The van der Waals surface area contributed by atoms with E-state index in [1.165, 1.54) is 5.56 Å². The Morgan fingerprint density at radius 2 is 1.31 bits per heavy atom. The Bertz CT molecular complexity index is 716. The van der Waals surface area contributed by atoms with Crippen LogP contribution >= 0.6 is 0 Å². The highest BCUT2D eigenvalue weighted by atomic mass is 16.5. The first-order valence-electron chi connectivity index (χ1n) is 14.1. The fraction of sp³-hybridized carbons (Fsp3) is 0.742. The van der Waals surface area contributed by atoms with Gasteiger partial charge in [-0.05, 0) is 47.6 Å². The number of hydrogen-bond donors (Lipinski definition) is 0. The minimum absolute atomic E-state index is 0.0653. The third kappa shape index (κ3) is 12.6. The van der Waals surface area contributed by atoms with Crippen LogP contribution in [0, 0.1) is 17.8 Å². The molecule has 1 aromatic carbocycles. The molecule has 0 heterocycles. The summed E-state index contributed by atoms with van der Waals surface area (Å²) in [6.07, 6.45) is 9.24. The molecule has 0 aromatic heterocycles. The molecule has 200 valence electrons. The highest BCUT2D eigenvalue weighted by Gasteiger charge is 2.26. The number of carbonyl (C=O) groups excluding carboxylic acids is 2. The molecule has 0 aliphatic carbocycles. The highest BCUT2D eigenvalue weighted by molar-refractivity contribution is 5.80. The van der Waals surface area contributed by atoms with Gasteiger partial charge in [-0.1, -0.05) is 111 Å². The van der Waals surface area contributed by atoms with E-state index in [-0.39, 0.29) is 23.8 Å². The van der Waals surface area contributed by atoms with E-state index in [1.807, 2.05) is 0 Å². The third-order valence-corrected chi connectivity index (χ3v) is 7.08. The molecule has 0 aliphatic rings. The lowest BCUT2D eigenvalue weighted by Crippen LogP contribution is -2.27. The molecule has 35 heavy (non-hydrogen) atoms. The third-order valence-electron chi connectivity index (χ3n) is 7.08. The van der Waals surface area contributed by atoms with Gasteiger partial charge in [0, 0.05) is 0 Å². The number of ether oxygens (including phenoxy) is 2. The second-order valence-electron chi connectivity index (χ2n) is 11.2. The van der Waals surface area contributed by atoms with Gasteiger partial charge in [0.25, 0.3) is 0 Å². The van der Waals surface area contributed by atoms with E-state index < -0.39 is 5.92 Å². The van der Waals surface area contributed by atoms with E-state index in [9.17, 15) is 9.59 Å². The molecule has 0 saturated heterocycles. The number of esters is 2. The first-order chi connectivity index (χ1) is 16.6. The van der Waals surface area contributed by atoms with Gasteiger partial charge in [0.1, 0.15) is 0 Å². The molecule has 0 aliphatic heterocycles. The van der Waals surface area contributed by atoms with E-state index in [2.05, 4.69) is 72.7 Å². The predicted octanol–water partition coefficient (Wildman–Crippen LogP) is 8.05. The van der Waals surface area contributed by atoms with Gasteiger partial charge in [-0.25, -0.2) is 0 Å². The van der Waals surface area contributed by atoms with Crippen LogP contribution in [0.15, 0.2) is 24.3 Å². The summed E-state index contributed by atoms with van der Waals surface area (Å²) in [5.41, 5.74) is 2.36. The van der Waals surface area contributed by atoms with Crippen molar-refractivity contribution in [2.24, 2.45) is 17.8 Å². The molecule has 4 nitrogen and oxygen atoms in total. The van der Waals surface area contributed by atoms with Gasteiger partial charge in [-0.3, -0.25) is 9.59 Å². The zero-order chi connectivity index (χ0) is 26.3. The smallest absolute Gasteiger partial charge is 0.309 e. The number of rotatable bonds is 17. The van der Waals surface area contributed by atoms with Crippen LogP contribution in [0.2, 0.25) is 0 Å². The zero-order valence-corrected chi connectivity index (χ0v) is 23.7. The Labute approximate surface area is 215 Å². The quantitative estimate of drug-likeness (QED) is 0.208. The number of hydrogen-bond acceptors (Lipinski definition) is 4. The van der Waals surface area contributed by atoms with Crippen LogP contribution in [-0.4, -0.2) is 25.2 Å². The van der Waals surface area contributed by atoms with E-state index in [1.54, 1.807) is 0 Å². The van der Waals surface area contributed by atoms with E-state index in [4.69, 9.17) is 9.47 Å². The molecule has 4 heteroatoms. The first-order valence-corrected chi connectivity index (χ1v) is 14.1. The number of benzene rings is 1. The first kappa shape index (κ1) is 31.2. The van der Waals surface area contributed by atoms with Crippen molar-refractivity contribution in [1.82, 2.24) is 0 Å². The second kappa shape index (κ2) is 16.8. The molecule has 0 spiro atoms. The summed E-state index contributed by atoms with van der Waals surface area (Å²) < 4.78 is 11.4. The average molecular weight is 489 g/mol. The Kier molecular flexibility index (Phi) is 14.9. The SMILES string of the molecule is CCCCC(CC)COC(=O)CC(Cc1ccc(C(C)(C)C)cc1)C(=O)OCC(CC)CCCC. The minimum Gasteiger partial charge on any atom is -0.465 e. The van der Waals surface area contributed by atoms with E-state index >= 15 is 0 Å². The van der Waals surface area contributed by atoms with Crippen LogP contribution in [0.1, 0.15) is 117 Å². The van der Waals surface area contributed by atoms with Crippen molar-refractivity contribution in [3.05, 3.63) is 35.4 Å². The Morgan fingerprint density at radius 1 is 0.800 bits per heavy atom. The monoisotopic (exact) mass is 488 g/mol. The molecule has 3 atom stereocenters. The summed E-state index contributed by atoms with van der Waals surface area (Å²) in [5, 5.41) is 0. The van der Waals surface area contributed by atoms with Gasteiger partial charge >= 0.3 is 11.9 Å². The van der Waals surface area contributed by atoms with E-state index in [0.29, 0.717) is 31.5 Å². The molecule has 0 fully saturated rings. The highest BCUT2D eigenvalue weighted by Crippen LogP contribution is 2.24. The summed E-state index contributed by atoms with van der Waals surface area (Å²) in [5.74, 6) is -0.344. The predicted molar refractivity (Wildman–Crippen MR) is 145 cm³/mol. The lowest BCUT2D eigenvalue weighted by molar-refractivity contribution is -0.156. The van der Waals surface area contributed by atoms with Crippen LogP contribution in [0.5, 0.6) is 0 Å². The molecule has 0 N–H and O–H groups in total. The van der Waals surface area contributed by atoms with Crippen molar-refractivity contribution >= 4 is 11.9 Å². The molecule has 0 bridgehead atoms. The van der Waals surface area contributed by atoms with Gasteiger partial charge in [-0.15, -0.1) is 0 Å². The standard InChI is InChI=1S/C31H52O4/c1-8-12-14-24(10-3)22-34-29(32)21-27(30(33)35-23-25(11-4)15-13-9-2)20-26-16-18-28(19-17-26)31(5,6)7/h16-19,24-25,27H,8-15,20-23H2,1-7H3.